The van der Waals surface area contributed by atoms with E-state index >= 15 is 0 Å². The number of benzene rings is 1. The van der Waals surface area contributed by atoms with E-state index in [1.165, 1.54) is 33.3 Å². The second-order valence-corrected chi connectivity index (χ2v) is 5.47. The molecule has 0 saturated carbocycles. The summed E-state index contributed by atoms with van der Waals surface area (Å²) < 4.78 is 10.4. The van der Waals surface area contributed by atoms with Crippen molar-refractivity contribution in [2.24, 2.45) is 5.92 Å². The summed E-state index contributed by atoms with van der Waals surface area (Å²) in [5.41, 5.74) is 0.397. The van der Waals surface area contributed by atoms with Crippen LogP contribution in [0.5, 0.6) is 11.5 Å². The molecule has 0 radical (unpaired) electrons. The minimum Gasteiger partial charge on any atom is -0.493 e. The van der Waals surface area contributed by atoms with Crippen molar-refractivity contribution in [3.8, 4) is 11.5 Å². The van der Waals surface area contributed by atoms with E-state index in [0.717, 1.165) is 0 Å². The monoisotopic (exact) mass is 338 g/mol. The van der Waals surface area contributed by atoms with Crippen LogP contribution in [0.25, 0.3) is 0 Å². The normalized spacial score (nSPS) is 11.6. The molecule has 0 fully saturated rings. The van der Waals surface area contributed by atoms with Crippen molar-refractivity contribution in [2.45, 2.75) is 26.8 Å². The first-order valence-electron chi connectivity index (χ1n) is 7.28. The minimum absolute atomic E-state index is 0.142. The molecule has 2 amide bonds. The Morgan fingerprint density at radius 3 is 2.17 bits per heavy atom. The van der Waals surface area contributed by atoms with E-state index < -0.39 is 17.9 Å². The molecular formula is C16H22N2O6. The van der Waals surface area contributed by atoms with Gasteiger partial charge in [0.2, 0.25) is 5.91 Å². The lowest BCUT2D eigenvalue weighted by Crippen LogP contribution is -2.44. The van der Waals surface area contributed by atoms with Crippen LogP contribution in [-0.4, -0.2) is 43.2 Å². The molecule has 0 aliphatic rings. The molecule has 0 aliphatic heterocycles. The van der Waals surface area contributed by atoms with Crippen LogP contribution in [0.1, 0.15) is 31.1 Å². The Morgan fingerprint density at radius 1 is 1.12 bits per heavy atom. The summed E-state index contributed by atoms with van der Waals surface area (Å²) in [5.74, 6) is -1.85. The number of aliphatic carboxylic acids is 1. The van der Waals surface area contributed by atoms with Crippen molar-refractivity contribution >= 4 is 23.5 Å². The van der Waals surface area contributed by atoms with Gasteiger partial charge in [0.25, 0.3) is 5.91 Å². The molecule has 1 aromatic carbocycles. The molecule has 0 spiro atoms. The topological polar surface area (TPSA) is 114 Å². The van der Waals surface area contributed by atoms with Crippen molar-refractivity contribution in [3.63, 3.8) is 0 Å². The average Bonchev–Trinajstić information content (AvgIpc) is 2.50. The molecule has 0 unspecified atom stereocenters. The van der Waals surface area contributed by atoms with Crippen LogP contribution in [0.2, 0.25) is 0 Å². The van der Waals surface area contributed by atoms with Crippen molar-refractivity contribution in [2.75, 3.05) is 19.5 Å². The number of carboxylic acids is 1. The predicted octanol–water partition coefficient (Wildman–Crippen LogP) is 1.50. The molecule has 8 heteroatoms. The van der Waals surface area contributed by atoms with Gasteiger partial charge in [-0.25, -0.2) is 4.79 Å². The number of methoxy groups -OCH3 is 2. The molecule has 3 N–H and O–H groups in total. The van der Waals surface area contributed by atoms with Gasteiger partial charge in [-0.3, -0.25) is 9.59 Å². The highest BCUT2D eigenvalue weighted by Gasteiger charge is 2.25. The van der Waals surface area contributed by atoms with Gasteiger partial charge in [0, 0.05) is 12.5 Å². The Balaban J connectivity index is 3.25. The molecule has 132 valence electrons. The Bertz CT molecular complexity index is 642. The van der Waals surface area contributed by atoms with E-state index in [1.807, 2.05) is 0 Å². The van der Waals surface area contributed by atoms with Gasteiger partial charge in [-0.05, 0) is 18.1 Å². The number of ether oxygens (including phenoxy) is 2. The maximum Gasteiger partial charge on any atom is 0.326 e. The molecule has 0 bridgehead atoms. The van der Waals surface area contributed by atoms with Crippen LogP contribution in [0.15, 0.2) is 12.1 Å². The van der Waals surface area contributed by atoms with Crippen LogP contribution in [0.4, 0.5) is 5.69 Å². The molecule has 0 heterocycles. The van der Waals surface area contributed by atoms with Crippen molar-refractivity contribution < 1.29 is 29.0 Å². The highest BCUT2D eigenvalue weighted by atomic mass is 16.5. The maximum absolute atomic E-state index is 12.4. The zero-order valence-electron chi connectivity index (χ0n) is 14.3. The molecule has 8 nitrogen and oxygen atoms in total. The molecule has 0 saturated heterocycles. The lowest BCUT2D eigenvalue weighted by atomic mass is 10.0. The summed E-state index contributed by atoms with van der Waals surface area (Å²) in [6.07, 6.45) is 0. The van der Waals surface area contributed by atoms with Crippen molar-refractivity contribution in [1.82, 2.24) is 5.32 Å². The fraction of sp³-hybridized carbons (Fsp3) is 0.438. The second-order valence-electron chi connectivity index (χ2n) is 5.47. The lowest BCUT2D eigenvalue weighted by molar-refractivity contribution is -0.140. The van der Waals surface area contributed by atoms with E-state index in [4.69, 9.17) is 9.47 Å². The number of carboxylic acid groups (broad SMARTS) is 1. The van der Waals surface area contributed by atoms with Gasteiger partial charge in [-0.1, -0.05) is 13.8 Å². The predicted molar refractivity (Wildman–Crippen MR) is 87.6 cm³/mol. The maximum atomic E-state index is 12.4. The molecule has 24 heavy (non-hydrogen) atoms. The summed E-state index contributed by atoms with van der Waals surface area (Å²) >= 11 is 0. The van der Waals surface area contributed by atoms with Gasteiger partial charge in [-0.2, -0.15) is 0 Å². The van der Waals surface area contributed by atoms with E-state index in [1.54, 1.807) is 13.8 Å². The first-order valence-corrected chi connectivity index (χ1v) is 7.28. The van der Waals surface area contributed by atoms with E-state index in [-0.39, 0.29) is 34.6 Å². The number of anilines is 1. The number of nitrogens with one attached hydrogen (secondary N) is 2. The summed E-state index contributed by atoms with van der Waals surface area (Å²) in [6, 6.07) is 1.78. The van der Waals surface area contributed by atoms with Crippen LogP contribution < -0.4 is 20.1 Å². The Kier molecular flexibility index (Phi) is 6.58. The third-order valence-corrected chi connectivity index (χ3v) is 3.27. The van der Waals surface area contributed by atoms with Crippen LogP contribution >= 0.6 is 0 Å². The lowest BCUT2D eigenvalue weighted by Gasteiger charge is -2.19. The minimum atomic E-state index is -1.12. The van der Waals surface area contributed by atoms with Gasteiger partial charge < -0.3 is 25.2 Å². The quantitative estimate of drug-likeness (QED) is 0.694. The number of carbonyl (C=O) groups excluding carboxylic acids is 2. The van der Waals surface area contributed by atoms with Crippen molar-refractivity contribution in [1.29, 1.82) is 0 Å². The fourth-order valence-corrected chi connectivity index (χ4v) is 2.12. The zero-order valence-corrected chi connectivity index (χ0v) is 14.3. The highest BCUT2D eigenvalue weighted by Crippen LogP contribution is 2.36. The van der Waals surface area contributed by atoms with Crippen LogP contribution in [-0.2, 0) is 9.59 Å². The molecule has 0 aromatic heterocycles. The molecule has 1 atom stereocenters. The summed E-state index contributed by atoms with van der Waals surface area (Å²) in [7, 11) is 2.80. The number of hydrogen-bond acceptors (Lipinski definition) is 5. The molecule has 1 rings (SSSR count). The van der Waals surface area contributed by atoms with Crippen LogP contribution in [0.3, 0.4) is 0 Å². The SMILES string of the molecule is COc1cc(C(=O)N[C@H](C(=O)O)C(C)C)cc(NC(C)=O)c1OC. The number of hydrogen-bond donors (Lipinski definition) is 3. The highest BCUT2D eigenvalue weighted by molar-refractivity contribution is 6.00. The summed E-state index contributed by atoms with van der Waals surface area (Å²) in [6.45, 7) is 4.70. The van der Waals surface area contributed by atoms with Gasteiger partial charge in [-0.15, -0.1) is 0 Å². The Hall–Kier alpha value is -2.77. The summed E-state index contributed by atoms with van der Waals surface area (Å²) in [5, 5.41) is 14.2. The van der Waals surface area contributed by atoms with Gasteiger partial charge in [0.05, 0.1) is 19.9 Å². The number of rotatable bonds is 7. The Morgan fingerprint density at radius 2 is 1.75 bits per heavy atom. The van der Waals surface area contributed by atoms with Gasteiger partial charge in [0.1, 0.15) is 6.04 Å². The smallest absolute Gasteiger partial charge is 0.326 e. The Labute approximate surface area is 140 Å². The molecule has 0 aliphatic carbocycles. The fourth-order valence-electron chi connectivity index (χ4n) is 2.12. The zero-order chi connectivity index (χ0) is 18.4. The number of carbonyl (C=O) groups is 3. The third kappa shape index (κ3) is 4.61. The van der Waals surface area contributed by atoms with Crippen molar-refractivity contribution in [3.05, 3.63) is 17.7 Å². The first kappa shape index (κ1) is 19.3. The van der Waals surface area contributed by atoms with Gasteiger partial charge in [0.15, 0.2) is 11.5 Å². The van der Waals surface area contributed by atoms with E-state index in [0.29, 0.717) is 0 Å². The second kappa shape index (κ2) is 8.19. The standard InChI is InChI=1S/C16H22N2O6/c1-8(2)13(16(21)22)18-15(20)10-6-11(17-9(3)19)14(24-5)12(7-10)23-4/h6-8,13H,1-5H3,(H,17,19)(H,18,20)(H,21,22)/t13-/m0/s1. The third-order valence-electron chi connectivity index (χ3n) is 3.27. The van der Waals surface area contributed by atoms with Gasteiger partial charge >= 0.3 is 5.97 Å². The molecular weight excluding hydrogens is 316 g/mol. The molecule has 1 aromatic rings. The first-order chi connectivity index (χ1) is 11.2. The summed E-state index contributed by atoms with van der Waals surface area (Å²) in [4.78, 5) is 34.9. The van der Waals surface area contributed by atoms with E-state index in [2.05, 4.69) is 10.6 Å². The average molecular weight is 338 g/mol. The van der Waals surface area contributed by atoms with E-state index in [9.17, 15) is 19.5 Å². The number of amides is 2. The van der Waals surface area contributed by atoms with Crippen LogP contribution in [0, 0.1) is 5.92 Å². The largest absolute Gasteiger partial charge is 0.493 e.